The van der Waals surface area contributed by atoms with E-state index in [4.69, 9.17) is 5.11 Å². The smallest absolute Gasteiger partial charge is 0.0433 e. The SMILES string of the molecule is CCCCCC[C@H]1C[C@H]1CCO. The van der Waals surface area contributed by atoms with Gasteiger partial charge in [0.1, 0.15) is 0 Å². The highest BCUT2D eigenvalue weighted by atomic mass is 16.3. The van der Waals surface area contributed by atoms with E-state index < -0.39 is 0 Å². The summed E-state index contributed by atoms with van der Waals surface area (Å²) in [7, 11) is 0. The van der Waals surface area contributed by atoms with Crippen LogP contribution >= 0.6 is 0 Å². The zero-order chi connectivity index (χ0) is 8.81. The van der Waals surface area contributed by atoms with E-state index in [0.717, 1.165) is 18.3 Å². The van der Waals surface area contributed by atoms with Gasteiger partial charge in [-0.15, -0.1) is 0 Å². The third-order valence-corrected chi connectivity index (χ3v) is 3.00. The Morgan fingerprint density at radius 3 is 2.50 bits per heavy atom. The van der Waals surface area contributed by atoms with Gasteiger partial charge in [0.15, 0.2) is 0 Å². The highest BCUT2D eigenvalue weighted by Crippen LogP contribution is 2.44. The average Bonchev–Trinajstić information content (AvgIpc) is 2.79. The van der Waals surface area contributed by atoms with Crippen LogP contribution in [0.15, 0.2) is 0 Å². The molecule has 0 heterocycles. The van der Waals surface area contributed by atoms with E-state index in [9.17, 15) is 0 Å². The van der Waals surface area contributed by atoms with Gasteiger partial charge in [0.05, 0.1) is 0 Å². The van der Waals surface area contributed by atoms with Crippen LogP contribution in [-0.4, -0.2) is 11.7 Å². The number of unbranched alkanes of at least 4 members (excludes halogenated alkanes) is 3. The lowest BCUT2D eigenvalue weighted by molar-refractivity contribution is 0.276. The molecule has 1 aliphatic rings. The molecule has 1 saturated carbocycles. The number of aliphatic hydroxyl groups excluding tert-OH is 1. The first-order chi connectivity index (χ1) is 5.88. The molecule has 0 aromatic heterocycles. The van der Waals surface area contributed by atoms with Crippen LogP contribution in [0, 0.1) is 11.8 Å². The van der Waals surface area contributed by atoms with Gasteiger partial charge in [-0.2, -0.15) is 0 Å². The topological polar surface area (TPSA) is 20.2 Å². The molecule has 0 spiro atoms. The molecule has 0 saturated heterocycles. The second kappa shape index (κ2) is 5.58. The van der Waals surface area contributed by atoms with Crippen molar-refractivity contribution in [1.29, 1.82) is 0 Å². The maximum atomic E-state index is 8.70. The lowest BCUT2D eigenvalue weighted by atomic mass is 10.1. The van der Waals surface area contributed by atoms with Crippen LogP contribution in [0.1, 0.15) is 51.9 Å². The van der Waals surface area contributed by atoms with Crippen LogP contribution in [0.5, 0.6) is 0 Å². The minimum atomic E-state index is 0.399. The Bertz CT molecular complexity index is 112. The fraction of sp³-hybridized carbons (Fsp3) is 1.00. The maximum absolute atomic E-state index is 8.70. The van der Waals surface area contributed by atoms with E-state index in [0.29, 0.717) is 6.61 Å². The lowest BCUT2D eigenvalue weighted by Crippen LogP contribution is -1.88. The summed E-state index contributed by atoms with van der Waals surface area (Å²) in [4.78, 5) is 0. The summed E-state index contributed by atoms with van der Waals surface area (Å²) in [5.74, 6) is 1.87. The van der Waals surface area contributed by atoms with Gasteiger partial charge in [0.25, 0.3) is 0 Å². The zero-order valence-electron chi connectivity index (χ0n) is 8.26. The number of aliphatic hydroxyl groups is 1. The number of hydrogen-bond donors (Lipinski definition) is 1. The molecule has 0 amide bonds. The molecule has 12 heavy (non-hydrogen) atoms. The maximum Gasteiger partial charge on any atom is 0.0433 e. The number of rotatable bonds is 7. The predicted molar refractivity (Wildman–Crippen MR) is 52.1 cm³/mol. The molecule has 1 fully saturated rings. The van der Waals surface area contributed by atoms with Crippen molar-refractivity contribution >= 4 is 0 Å². The van der Waals surface area contributed by atoms with Crippen LogP contribution in [-0.2, 0) is 0 Å². The Balaban J connectivity index is 1.83. The van der Waals surface area contributed by atoms with Crippen molar-refractivity contribution < 1.29 is 5.11 Å². The van der Waals surface area contributed by atoms with E-state index in [1.54, 1.807) is 0 Å². The molecule has 1 N–H and O–H groups in total. The molecule has 0 aromatic rings. The van der Waals surface area contributed by atoms with Crippen molar-refractivity contribution in [2.24, 2.45) is 11.8 Å². The summed E-state index contributed by atoms with van der Waals surface area (Å²) in [6.07, 6.45) is 9.44. The van der Waals surface area contributed by atoms with Crippen LogP contribution in [0.2, 0.25) is 0 Å². The third-order valence-electron chi connectivity index (χ3n) is 3.00. The van der Waals surface area contributed by atoms with Crippen molar-refractivity contribution in [2.75, 3.05) is 6.61 Å². The molecule has 1 rings (SSSR count). The minimum Gasteiger partial charge on any atom is -0.396 e. The summed E-state index contributed by atoms with van der Waals surface area (Å²) in [5.41, 5.74) is 0. The second-order valence-electron chi connectivity index (χ2n) is 4.12. The Kier molecular flexibility index (Phi) is 4.67. The van der Waals surface area contributed by atoms with Gasteiger partial charge in [0, 0.05) is 6.61 Å². The molecular weight excluding hydrogens is 148 g/mol. The zero-order valence-corrected chi connectivity index (χ0v) is 8.26. The second-order valence-corrected chi connectivity index (χ2v) is 4.12. The number of hydrogen-bond acceptors (Lipinski definition) is 1. The highest BCUT2D eigenvalue weighted by Gasteiger charge is 2.34. The molecule has 0 unspecified atom stereocenters. The van der Waals surface area contributed by atoms with Crippen LogP contribution in [0.25, 0.3) is 0 Å². The summed E-state index contributed by atoms with van der Waals surface area (Å²) < 4.78 is 0. The van der Waals surface area contributed by atoms with Gasteiger partial charge in [-0.1, -0.05) is 39.0 Å². The molecule has 2 atom stereocenters. The Labute approximate surface area is 76.2 Å². The Morgan fingerprint density at radius 2 is 1.83 bits per heavy atom. The molecule has 1 nitrogen and oxygen atoms in total. The van der Waals surface area contributed by atoms with Gasteiger partial charge >= 0.3 is 0 Å². The van der Waals surface area contributed by atoms with Crippen molar-refractivity contribution in [3.05, 3.63) is 0 Å². The fourth-order valence-electron chi connectivity index (χ4n) is 2.02. The summed E-state index contributed by atoms with van der Waals surface area (Å²) >= 11 is 0. The molecule has 1 aliphatic carbocycles. The largest absolute Gasteiger partial charge is 0.396 e. The lowest BCUT2D eigenvalue weighted by Gasteiger charge is -1.98. The van der Waals surface area contributed by atoms with E-state index in [-0.39, 0.29) is 0 Å². The van der Waals surface area contributed by atoms with Crippen LogP contribution in [0.4, 0.5) is 0 Å². The van der Waals surface area contributed by atoms with Crippen molar-refractivity contribution in [1.82, 2.24) is 0 Å². The first-order valence-corrected chi connectivity index (χ1v) is 5.49. The average molecular weight is 170 g/mol. The van der Waals surface area contributed by atoms with Crippen molar-refractivity contribution in [3.8, 4) is 0 Å². The van der Waals surface area contributed by atoms with Crippen LogP contribution in [0.3, 0.4) is 0 Å². The van der Waals surface area contributed by atoms with Gasteiger partial charge in [-0.3, -0.25) is 0 Å². The molecule has 72 valence electrons. The van der Waals surface area contributed by atoms with Crippen molar-refractivity contribution in [2.45, 2.75) is 51.9 Å². The molecule has 1 heteroatoms. The monoisotopic (exact) mass is 170 g/mol. The van der Waals surface area contributed by atoms with Crippen molar-refractivity contribution in [3.63, 3.8) is 0 Å². The van der Waals surface area contributed by atoms with Crippen LogP contribution < -0.4 is 0 Å². The molecule has 0 aliphatic heterocycles. The normalized spacial score (nSPS) is 27.5. The summed E-state index contributed by atoms with van der Waals surface area (Å²) in [5, 5.41) is 8.70. The van der Waals surface area contributed by atoms with E-state index in [2.05, 4.69) is 6.92 Å². The van der Waals surface area contributed by atoms with E-state index >= 15 is 0 Å². The van der Waals surface area contributed by atoms with Gasteiger partial charge in [-0.25, -0.2) is 0 Å². The summed E-state index contributed by atoms with van der Waals surface area (Å²) in [6, 6.07) is 0. The van der Waals surface area contributed by atoms with Gasteiger partial charge in [-0.05, 0) is 24.7 Å². The van der Waals surface area contributed by atoms with E-state index in [1.165, 1.54) is 38.5 Å². The predicted octanol–water partition coefficient (Wildman–Crippen LogP) is 2.98. The quantitative estimate of drug-likeness (QED) is 0.582. The van der Waals surface area contributed by atoms with Gasteiger partial charge < -0.3 is 5.11 Å². The Hall–Kier alpha value is -0.0400. The first kappa shape index (κ1) is 10.0. The van der Waals surface area contributed by atoms with Gasteiger partial charge in [0.2, 0.25) is 0 Å². The Morgan fingerprint density at radius 1 is 1.08 bits per heavy atom. The molecule has 0 radical (unpaired) electrons. The molecule has 0 bridgehead atoms. The summed E-state index contributed by atoms with van der Waals surface area (Å²) in [6.45, 7) is 2.65. The fourth-order valence-corrected chi connectivity index (χ4v) is 2.02. The molecular formula is C11H22O. The standard InChI is InChI=1S/C11H22O/c1-2-3-4-5-6-10-9-11(10)7-8-12/h10-12H,2-9H2,1H3/t10-,11+/m0/s1. The highest BCUT2D eigenvalue weighted by molar-refractivity contribution is 4.85. The van der Waals surface area contributed by atoms with E-state index in [1.807, 2.05) is 0 Å². The molecule has 0 aromatic carbocycles. The first-order valence-electron chi connectivity index (χ1n) is 5.49. The third kappa shape index (κ3) is 3.57. The minimum absolute atomic E-state index is 0.399.